The number of hydroxylamine groups is 1. The van der Waals surface area contributed by atoms with Crippen LogP contribution in [0.15, 0.2) is 30.3 Å². The SMILES string of the molecule is CCONC(=O)[C@@H]1CN(C(=O)OC(C)(C)C)CCN1C(=O)OCc1ccccc1. The van der Waals surface area contributed by atoms with Crippen molar-refractivity contribution >= 4 is 18.1 Å². The number of carbonyl (C=O) groups is 3. The lowest BCUT2D eigenvalue weighted by atomic mass is 10.1. The van der Waals surface area contributed by atoms with E-state index in [2.05, 4.69) is 5.48 Å². The van der Waals surface area contributed by atoms with Gasteiger partial charge in [-0.3, -0.25) is 14.5 Å². The highest BCUT2D eigenvalue weighted by molar-refractivity contribution is 5.86. The van der Waals surface area contributed by atoms with E-state index in [1.54, 1.807) is 27.7 Å². The van der Waals surface area contributed by atoms with Gasteiger partial charge in [0.15, 0.2) is 0 Å². The smallest absolute Gasteiger partial charge is 0.410 e. The second-order valence-corrected chi connectivity index (χ2v) is 7.58. The van der Waals surface area contributed by atoms with Crippen LogP contribution in [0.3, 0.4) is 0 Å². The number of carbonyl (C=O) groups excluding carboxylic acids is 3. The molecule has 1 atom stereocenters. The summed E-state index contributed by atoms with van der Waals surface area (Å²) < 4.78 is 10.7. The Balaban J connectivity index is 2.06. The van der Waals surface area contributed by atoms with Gasteiger partial charge in [-0.2, -0.15) is 0 Å². The third-order valence-corrected chi connectivity index (χ3v) is 4.09. The number of benzene rings is 1. The zero-order valence-electron chi connectivity index (χ0n) is 17.3. The van der Waals surface area contributed by atoms with Gasteiger partial charge in [0.1, 0.15) is 18.2 Å². The fraction of sp³-hybridized carbons (Fsp3) is 0.550. The van der Waals surface area contributed by atoms with E-state index >= 15 is 0 Å². The van der Waals surface area contributed by atoms with Crippen molar-refractivity contribution in [2.75, 3.05) is 26.2 Å². The third-order valence-electron chi connectivity index (χ3n) is 4.09. The number of piperazine rings is 1. The molecule has 160 valence electrons. The van der Waals surface area contributed by atoms with E-state index in [0.717, 1.165) is 5.56 Å². The molecular formula is C20H29N3O6. The molecular weight excluding hydrogens is 378 g/mol. The first-order valence-corrected chi connectivity index (χ1v) is 9.58. The summed E-state index contributed by atoms with van der Waals surface area (Å²) in [7, 11) is 0. The second kappa shape index (κ2) is 10.1. The maximum Gasteiger partial charge on any atom is 0.410 e. The lowest BCUT2D eigenvalue weighted by molar-refractivity contribution is -0.140. The minimum Gasteiger partial charge on any atom is -0.445 e. The van der Waals surface area contributed by atoms with E-state index in [4.69, 9.17) is 14.3 Å². The quantitative estimate of drug-likeness (QED) is 0.753. The van der Waals surface area contributed by atoms with Crippen molar-refractivity contribution in [2.45, 2.75) is 45.9 Å². The number of hydrogen-bond acceptors (Lipinski definition) is 6. The molecule has 0 saturated carbocycles. The zero-order valence-corrected chi connectivity index (χ0v) is 17.3. The Hall–Kier alpha value is -2.81. The summed E-state index contributed by atoms with van der Waals surface area (Å²) in [5, 5.41) is 0. The van der Waals surface area contributed by atoms with Crippen LogP contribution in [-0.4, -0.2) is 65.8 Å². The van der Waals surface area contributed by atoms with Crippen LogP contribution in [0.1, 0.15) is 33.3 Å². The Morgan fingerprint density at radius 3 is 2.41 bits per heavy atom. The van der Waals surface area contributed by atoms with Crippen molar-refractivity contribution in [2.24, 2.45) is 0 Å². The van der Waals surface area contributed by atoms with Gasteiger partial charge in [-0.1, -0.05) is 30.3 Å². The fourth-order valence-corrected chi connectivity index (χ4v) is 2.73. The van der Waals surface area contributed by atoms with Crippen LogP contribution >= 0.6 is 0 Å². The number of nitrogens with zero attached hydrogens (tertiary/aromatic N) is 2. The van der Waals surface area contributed by atoms with Gasteiger partial charge in [-0.05, 0) is 33.3 Å². The maximum absolute atomic E-state index is 12.6. The first kappa shape index (κ1) is 22.5. The Kier molecular flexibility index (Phi) is 7.83. The van der Waals surface area contributed by atoms with E-state index in [-0.39, 0.29) is 32.8 Å². The minimum absolute atomic E-state index is 0.0196. The summed E-state index contributed by atoms with van der Waals surface area (Å²) in [4.78, 5) is 45.2. The molecule has 0 aliphatic carbocycles. The lowest BCUT2D eigenvalue weighted by Gasteiger charge is -2.39. The minimum atomic E-state index is -0.953. The number of ether oxygens (including phenoxy) is 2. The molecule has 1 heterocycles. The Morgan fingerprint density at radius 1 is 1.10 bits per heavy atom. The van der Waals surface area contributed by atoms with E-state index in [0.29, 0.717) is 0 Å². The van der Waals surface area contributed by atoms with Crippen LogP contribution in [0, 0.1) is 0 Å². The van der Waals surface area contributed by atoms with Crippen molar-refractivity contribution in [3.8, 4) is 0 Å². The van der Waals surface area contributed by atoms with Gasteiger partial charge in [0.2, 0.25) is 0 Å². The molecule has 0 bridgehead atoms. The molecule has 29 heavy (non-hydrogen) atoms. The highest BCUT2D eigenvalue weighted by Gasteiger charge is 2.39. The van der Waals surface area contributed by atoms with Gasteiger partial charge >= 0.3 is 12.2 Å². The van der Waals surface area contributed by atoms with E-state index in [9.17, 15) is 14.4 Å². The van der Waals surface area contributed by atoms with Gasteiger partial charge in [-0.25, -0.2) is 15.1 Å². The second-order valence-electron chi connectivity index (χ2n) is 7.58. The number of amides is 3. The molecule has 0 radical (unpaired) electrons. The van der Waals surface area contributed by atoms with Crippen molar-refractivity contribution in [1.82, 2.24) is 15.3 Å². The highest BCUT2D eigenvalue weighted by Crippen LogP contribution is 2.17. The average Bonchev–Trinajstić information content (AvgIpc) is 2.69. The van der Waals surface area contributed by atoms with Crippen LogP contribution in [0.25, 0.3) is 0 Å². The molecule has 0 unspecified atom stereocenters. The molecule has 1 aliphatic heterocycles. The van der Waals surface area contributed by atoms with Crippen molar-refractivity contribution in [3.05, 3.63) is 35.9 Å². The Labute approximate surface area is 170 Å². The summed E-state index contributed by atoms with van der Waals surface area (Å²) in [5.74, 6) is -0.531. The van der Waals surface area contributed by atoms with Gasteiger partial charge < -0.3 is 14.4 Å². The first-order valence-electron chi connectivity index (χ1n) is 9.58. The summed E-state index contributed by atoms with van der Waals surface area (Å²) in [5.41, 5.74) is 2.48. The van der Waals surface area contributed by atoms with Crippen molar-refractivity contribution < 1.29 is 28.7 Å². The molecule has 1 aromatic rings. The van der Waals surface area contributed by atoms with Crippen LogP contribution in [0.4, 0.5) is 9.59 Å². The number of rotatable bonds is 5. The molecule has 1 aromatic carbocycles. The summed E-state index contributed by atoms with van der Waals surface area (Å²) in [6.45, 7) is 7.72. The Bertz CT molecular complexity index is 704. The Morgan fingerprint density at radius 2 is 1.79 bits per heavy atom. The molecule has 1 N–H and O–H groups in total. The van der Waals surface area contributed by atoms with Crippen LogP contribution < -0.4 is 5.48 Å². The van der Waals surface area contributed by atoms with Crippen LogP contribution in [-0.2, 0) is 25.7 Å². The summed E-state index contributed by atoms with van der Waals surface area (Å²) >= 11 is 0. The molecule has 1 aliphatic rings. The van der Waals surface area contributed by atoms with E-state index in [1.807, 2.05) is 30.3 Å². The van der Waals surface area contributed by atoms with Gasteiger partial charge in [0.05, 0.1) is 13.2 Å². The van der Waals surface area contributed by atoms with Crippen LogP contribution in [0.2, 0.25) is 0 Å². The van der Waals surface area contributed by atoms with E-state index < -0.39 is 29.7 Å². The summed E-state index contributed by atoms with van der Waals surface area (Å²) in [6.07, 6.45) is -1.17. The third kappa shape index (κ3) is 6.94. The monoisotopic (exact) mass is 407 g/mol. The largest absolute Gasteiger partial charge is 0.445 e. The van der Waals surface area contributed by atoms with Gasteiger partial charge in [0, 0.05) is 13.1 Å². The van der Waals surface area contributed by atoms with Crippen LogP contribution in [0.5, 0.6) is 0 Å². The predicted molar refractivity (Wildman–Crippen MR) is 105 cm³/mol. The van der Waals surface area contributed by atoms with Crippen molar-refractivity contribution in [3.63, 3.8) is 0 Å². The molecule has 1 fully saturated rings. The molecule has 3 amide bonds. The molecule has 2 rings (SSSR count). The summed E-state index contributed by atoms with van der Waals surface area (Å²) in [6, 6.07) is 8.29. The lowest BCUT2D eigenvalue weighted by Crippen LogP contribution is -2.62. The topological polar surface area (TPSA) is 97.4 Å². The van der Waals surface area contributed by atoms with Gasteiger partial charge in [-0.15, -0.1) is 0 Å². The molecule has 0 aromatic heterocycles. The maximum atomic E-state index is 12.6. The fourth-order valence-electron chi connectivity index (χ4n) is 2.73. The normalized spacial score (nSPS) is 16.9. The molecule has 9 nitrogen and oxygen atoms in total. The molecule has 1 saturated heterocycles. The molecule has 9 heteroatoms. The van der Waals surface area contributed by atoms with Gasteiger partial charge in [0.25, 0.3) is 5.91 Å². The highest BCUT2D eigenvalue weighted by atomic mass is 16.6. The predicted octanol–water partition coefficient (Wildman–Crippen LogP) is 2.31. The average molecular weight is 407 g/mol. The molecule has 0 spiro atoms. The standard InChI is InChI=1S/C20H29N3O6/c1-5-28-21-17(24)16-13-22(18(25)29-20(2,3)4)11-12-23(16)19(26)27-14-15-9-7-6-8-10-15/h6-10,16H,5,11-14H2,1-4H3,(H,21,24)/t16-/m0/s1. The van der Waals surface area contributed by atoms with E-state index in [1.165, 1.54) is 9.80 Å². The number of hydrogen-bond donors (Lipinski definition) is 1. The number of nitrogens with one attached hydrogen (secondary N) is 1. The van der Waals surface area contributed by atoms with Crippen molar-refractivity contribution in [1.29, 1.82) is 0 Å². The zero-order chi connectivity index (χ0) is 21.4. The first-order chi connectivity index (χ1) is 13.7.